The molecule has 2 heterocycles. The fourth-order valence-electron chi connectivity index (χ4n) is 3.26. The third kappa shape index (κ3) is 3.58. The number of rotatable bonds is 4. The average Bonchev–Trinajstić information content (AvgIpc) is 3.00. The highest BCUT2D eigenvalue weighted by Gasteiger charge is 2.27. The van der Waals surface area contributed by atoms with Gasteiger partial charge in [-0.2, -0.15) is 0 Å². The van der Waals surface area contributed by atoms with Gasteiger partial charge in [-0.1, -0.05) is 0 Å². The molecule has 0 radical (unpaired) electrons. The van der Waals surface area contributed by atoms with Crippen molar-refractivity contribution < 1.29 is 14.4 Å². The molecule has 0 atom stereocenters. The second kappa shape index (κ2) is 7.03. The molecule has 2 fully saturated rings. The van der Waals surface area contributed by atoms with Gasteiger partial charge in [-0.25, -0.2) is 0 Å². The van der Waals surface area contributed by atoms with Crippen molar-refractivity contribution in [3.8, 4) is 0 Å². The number of amides is 2. The van der Waals surface area contributed by atoms with E-state index in [0.717, 1.165) is 25.2 Å². The Morgan fingerprint density at radius 2 is 1.67 bits per heavy atom. The summed E-state index contributed by atoms with van der Waals surface area (Å²) in [6, 6.07) is 7.59. The van der Waals surface area contributed by atoms with Gasteiger partial charge >= 0.3 is 0 Å². The molecule has 2 aliphatic rings. The Kier molecular flexibility index (Phi) is 4.83. The van der Waals surface area contributed by atoms with Crippen LogP contribution < -0.4 is 4.90 Å². The molecule has 0 unspecified atom stereocenters. The smallest absolute Gasteiger partial charge is 0.242 e. The number of piperazine rings is 1. The van der Waals surface area contributed by atoms with Crippen LogP contribution in [-0.4, -0.2) is 66.7 Å². The fourth-order valence-corrected chi connectivity index (χ4v) is 3.26. The van der Waals surface area contributed by atoms with Crippen molar-refractivity contribution in [1.82, 2.24) is 9.80 Å². The number of hydrogen-bond acceptors (Lipinski definition) is 4. The summed E-state index contributed by atoms with van der Waals surface area (Å²) in [7, 11) is 0. The largest absolute Gasteiger partial charge is 0.368 e. The molecule has 0 bridgehead atoms. The number of likely N-dealkylation sites (tertiary alicyclic amines) is 1. The Morgan fingerprint density at radius 1 is 1.00 bits per heavy atom. The molecule has 3 rings (SSSR count). The molecular weight excluding hydrogens is 306 g/mol. The summed E-state index contributed by atoms with van der Waals surface area (Å²) in [5, 5.41) is 0. The van der Waals surface area contributed by atoms with Crippen LogP contribution in [0.3, 0.4) is 0 Å². The molecule has 6 heteroatoms. The average molecular weight is 329 g/mol. The van der Waals surface area contributed by atoms with E-state index in [0.29, 0.717) is 31.6 Å². The molecule has 0 saturated carbocycles. The number of Topliss-reactive ketones (excluding diaryl/α,β-unsaturated/α-hetero) is 1. The molecule has 24 heavy (non-hydrogen) atoms. The molecule has 0 N–H and O–H groups in total. The molecule has 1 aromatic carbocycles. The summed E-state index contributed by atoms with van der Waals surface area (Å²) in [6.45, 7) is 5.33. The number of carbonyl (C=O) groups excluding carboxylic acids is 3. The Labute approximate surface area is 142 Å². The van der Waals surface area contributed by atoms with E-state index in [2.05, 4.69) is 4.90 Å². The second-order valence-electron chi connectivity index (χ2n) is 6.39. The van der Waals surface area contributed by atoms with Crippen molar-refractivity contribution in [2.24, 2.45) is 0 Å². The minimum atomic E-state index is 0.0387. The molecule has 0 spiro atoms. The quantitative estimate of drug-likeness (QED) is 0.778. The maximum Gasteiger partial charge on any atom is 0.242 e. The van der Waals surface area contributed by atoms with Gasteiger partial charge in [0.05, 0.1) is 6.54 Å². The summed E-state index contributed by atoms with van der Waals surface area (Å²) in [4.78, 5) is 41.0. The topological polar surface area (TPSA) is 60.9 Å². The van der Waals surface area contributed by atoms with Gasteiger partial charge in [0.15, 0.2) is 5.78 Å². The Morgan fingerprint density at radius 3 is 2.21 bits per heavy atom. The van der Waals surface area contributed by atoms with E-state index in [1.807, 2.05) is 29.2 Å². The van der Waals surface area contributed by atoms with Gasteiger partial charge < -0.3 is 14.7 Å². The van der Waals surface area contributed by atoms with E-state index in [1.54, 1.807) is 11.8 Å². The van der Waals surface area contributed by atoms with E-state index >= 15 is 0 Å². The van der Waals surface area contributed by atoms with E-state index in [1.165, 1.54) is 0 Å². The van der Waals surface area contributed by atoms with Gasteiger partial charge in [-0.3, -0.25) is 14.4 Å². The van der Waals surface area contributed by atoms with Crippen LogP contribution in [0.2, 0.25) is 0 Å². The number of benzene rings is 1. The van der Waals surface area contributed by atoms with Gasteiger partial charge in [0.25, 0.3) is 0 Å². The molecule has 2 amide bonds. The Bertz CT molecular complexity index is 633. The van der Waals surface area contributed by atoms with Crippen LogP contribution in [0, 0.1) is 0 Å². The van der Waals surface area contributed by atoms with Crippen molar-refractivity contribution in [1.29, 1.82) is 0 Å². The van der Waals surface area contributed by atoms with E-state index < -0.39 is 0 Å². The van der Waals surface area contributed by atoms with Crippen LogP contribution in [0.25, 0.3) is 0 Å². The van der Waals surface area contributed by atoms with E-state index in [-0.39, 0.29) is 24.1 Å². The minimum absolute atomic E-state index is 0.0387. The van der Waals surface area contributed by atoms with Crippen molar-refractivity contribution >= 4 is 23.3 Å². The monoisotopic (exact) mass is 329 g/mol. The zero-order chi connectivity index (χ0) is 17.1. The second-order valence-corrected chi connectivity index (χ2v) is 6.39. The highest BCUT2D eigenvalue weighted by atomic mass is 16.2. The molecular formula is C18H23N3O3. The van der Waals surface area contributed by atoms with E-state index in [4.69, 9.17) is 0 Å². The van der Waals surface area contributed by atoms with E-state index in [9.17, 15) is 14.4 Å². The van der Waals surface area contributed by atoms with Gasteiger partial charge in [0.1, 0.15) is 0 Å². The maximum absolute atomic E-state index is 12.3. The number of hydrogen-bond donors (Lipinski definition) is 0. The van der Waals surface area contributed by atoms with Gasteiger partial charge in [0, 0.05) is 50.4 Å². The molecule has 128 valence electrons. The van der Waals surface area contributed by atoms with Crippen LogP contribution >= 0.6 is 0 Å². The van der Waals surface area contributed by atoms with Crippen molar-refractivity contribution in [3.05, 3.63) is 29.8 Å². The molecule has 1 aromatic rings. The summed E-state index contributed by atoms with van der Waals surface area (Å²) < 4.78 is 0. The summed E-state index contributed by atoms with van der Waals surface area (Å²) in [5.74, 6) is 0.192. The first-order chi connectivity index (χ1) is 11.5. The Balaban J connectivity index is 1.52. The third-order valence-corrected chi connectivity index (χ3v) is 4.77. The first-order valence-electron chi connectivity index (χ1n) is 8.46. The van der Waals surface area contributed by atoms with Crippen LogP contribution in [0.1, 0.15) is 30.1 Å². The summed E-state index contributed by atoms with van der Waals surface area (Å²) in [6.07, 6.45) is 1.42. The lowest BCUT2D eigenvalue weighted by Gasteiger charge is -2.36. The Hall–Kier alpha value is -2.37. The van der Waals surface area contributed by atoms with Crippen LogP contribution in [0.4, 0.5) is 5.69 Å². The summed E-state index contributed by atoms with van der Waals surface area (Å²) in [5.41, 5.74) is 1.78. The number of anilines is 1. The minimum Gasteiger partial charge on any atom is -0.368 e. The normalized spacial score (nSPS) is 18.2. The lowest BCUT2D eigenvalue weighted by molar-refractivity contribution is -0.138. The standard InChI is InChI=1S/C18H23N3O3/c1-14(22)15-4-6-16(7-5-15)19-9-11-20(12-10-19)18(24)13-21-8-2-3-17(21)23/h4-7H,2-3,8-13H2,1H3. The molecule has 0 aliphatic carbocycles. The first-order valence-corrected chi connectivity index (χ1v) is 8.46. The van der Waals surface area contributed by atoms with Crippen molar-refractivity contribution in [3.63, 3.8) is 0 Å². The van der Waals surface area contributed by atoms with Crippen LogP contribution in [0.5, 0.6) is 0 Å². The molecule has 2 aliphatic heterocycles. The maximum atomic E-state index is 12.3. The summed E-state index contributed by atoms with van der Waals surface area (Å²) >= 11 is 0. The SMILES string of the molecule is CC(=O)c1ccc(N2CCN(C(=O)CN3CCCC3=O)CC2)cc1. The predicted octanol–water partition coefficient (Wildman–Crippen LogP) is 1.16. The molecule has 2 saturated heterocycles. The lowest BCUT2D eigenvalue weighted by atomic mass is 10.1. The van der Waals surface area contributed by atoms with Gasteiger partial charge in [-0.15, -0.1) is 0 Å². The fraction of sp³-hybridized carbons (Fsp3) is 0.500. The van der Waals surface area contributed by atoms with Crippen molar-refractivity contribution in [2.75, 3.05) is 44.2 Å². The van der Waals surface area contributed by atoms with Gasteiger partial charge in [0.2, 0.25) is 11.8 Å². The first kappa shape index (κ1) is 16.5. The predicted molar refractivity (Wildman–Crippen MR) is 91.1 cm³/mol. The third-order valence-electron chi connectivity index (χ3n) is 4.77. The van der Waals surface area contributed by atoms with Crippen LogP contribution in [-0.2, 0) is 9.59 Å². The highest BCUT2D eigenvalue weighted by molar-refractivity contribution is 5.94. The molecule has 6 nitrogen and oxygen atoms in total. The number of ketones is 1. The zero-order valence-electron chi connectivity index (χ0n) is 14.0. The number of carbonyl (C=O) groups is 3. The lowest BCUT2D eigenvalue weighted by Crippen LogP contribution is -2.51. The molecule has 0 aromatic heterocycles. The van der Waals surface area contributed by atoms with Crippen molar-refractivity contribution in [2.45, 2.75) is 19.8 Å². The van der Waals surface area contributed by atoms with Gasteiger partial charge in [-0.05, 0) is 37.6 Å². The highest BCUT2D eigenvalue weighted by Crippen LogP contribution is 2.18. The van der Waals surface area contributed by atoms with Crippen LogP contribution in [0.15, 0.2) is 24.3 Å². The number of nitrogens with zero attached hydrogens (tertiary/aromatic N) is 3. The zero-order valence-corrected chi connectivity index (χ0v) is 14.0.